The maximum atomic E-state index is 12.5. The number of hydrogen-bond acceptors (Lipinski definition) is 5. The molecular weight excluding hydrogens is 277 g/mol. The SMILES string of the molecule is CCn1c(-c2nc(C(F)(F)F)co2)nc2c1CN(O)C2. The molecule has 9 heteroatoms. The summed E-state index contributed by atoms with van der Waals surface area (Å²) in [6, 6.07) is 0. The first-order valence-corrected chi connectivity index (χ1v) is 5.95. The van der Waals surface area contributed by atoms with Gasteiger partial charge in [0.05, 0.1) is 24.5 Å². The fraction of sp³-hybridized carbons (Fsp3) is 0.455. The van der Waals surface area contributed by atoms with Crippen molar-refractivity contribution >= 4 is 0 Å². The summed E-state index contributed by atoms with van der Waals surface area (Å²) >= 11 is 0. The number of nitrogens with zero attached hydrogens (tertiary/aromatic N) is 4. The number of hydrogen-bond donors (Lipinski definition) is 1. The lowest BCUT2D eigenvalue weighted by Gasteiger charge is -2.08. The lowest BCUT2D eigenvalue weighted by atomic mass is 10.4. The van der Waals surface area contributed by atoms with Crippen LogP contribution in [0.4, 0.5) is 13.2 Å². The van der Waals surface area contributed by atoms with E-state index in [-0.39, 0.29) is 24.8 Å². The fourth-order valence-electron chi connectivity index (χ4n) is 2.25. The third-order valence-electron chi connectivity index (χ3n) is 3.12. The number of halogens is 3. The minimum absolute atomic E-state index is 0.168. The van der Waals surface area contributed by atoms with Gasteiger partial charge in [-0.15, -0.1) is 0 Å². The van der Waals surface area contributed by atoms with Gasteiger partial charge < -0.3 is 14.2 Å². The van der Waals surface area contributed by atoms with Crippen LogP contribution in [0.15, 0.2) is 10.7 Å². The number of hydroxylamine groups is 2. The van der Waals surface area contributed by atoms with Crippen molar-refractivity contribution in [2.45, 2.75) is 32.7 Å². The summed E-state index contributed by atoms with van der Waals surface area (Å²) in [5.41, 5.74) is 0.301. The Kier molecular flexibility index (Phi) is 2.83. The third kappa shape index (κ3) is 1.98. The zero-order valence-corrected chi connectivity index (χ0v) is 10.5. The van der Waals surface area contributed by atoms with Crippen LogP contribution in [0.3, 0.4) is 0 Å². The maximum Gasteiger partial charge on any atom is 0.436 e. The van der Waals surface area contributed by atoms with Crippen molar-refractivity contribution in [2.24, 2.45) is 0 Å². The van der Waals surface area contributed by atoms with E-state index in [4.69, 9.17) is 4.42 Å². The lowest BCUT2D eigenvalue weighted by molar-refractivity contribution is -0.141. The molecule has 0 bridgehead atoms. The Balaban J connectivity index is 2.03. The van der Waals surface area contributed by atoms with Crippen LogP contribution in [0.1, 0.15) is 24.0 Å². The zero-order valence-electron chi connectivity index (χ0n) is 10.5. The Bertz CT molecular complexity index is 647. The summed E-state index contributed by atoms with van der Waals surface area (Å²) in [6.07, 6.45) is -3.97. The van der Waals surface area contributed by atoms with Crippen LogP contribution in [0.25, 0.3) is 11.7 Å². The van der Waals surface area contributed by atoms with E-state index in [0.717, 1.165) is 10.8 Å². The first kappa shape index (κ1) is 13.1. The number of aromatic nitrogens is 3. The topological polar surface area (TPSA) is 67.3 Å². The number of oxazole rings is 1. The molecule has 20 heavy (non-hydrogen) atoms. The Morgan fingerprint density at radius 1 is 1.35 bits per heavy atom. The molecule has 0 aliphatic carbocycles. The number of alkyl halides is 3. The predicted octanol–water partition coefficient (Wildman–Crippen LogP) is 2.28. The number of imidazole rings is 1. The standard InChI is InChI=1S/C11H11F3N4O2/c1-2-18-7-4-17(19)3-6(7)15-9(18)10-16-8(5-20-10)11(12,13)14/h5,19H,2-4H2,1H3. The summed E-state index contributed by atoms with van der Waals surface area (Å²) < 4.78 is 44.2. The van der Waals surface area contributed by atoms with Crippen molar-refractivity contribution in [3.05, 3.63) is 23.3 Å². The Labute approximate surface area is 111 Å². The Morgan fingerprint density at radius 3 is 2.70 bits per heavy atom. The zero-order chi connectivity index (χ0) is 14.5. The Morgan fingerprint density at radius 2 is 2.10 bits per heavy atom. The second-order valence-electron chi connectivity index (χ2n) is 4.43. The van der Waals surface area contributed by atoms with Gasteiger partial charge in [-0.2, -0.15) is 18.2 Å². The van der Waals surface area contributed by atoms with Crippen molar-refractivity contribution in [1.82, 2.24) is 19.6 Å². The molecule has 0 saturated heterocycles. The average Bonchev–Trinajstić information content (AvgIpc) is 2.99. The van der Waals surface area contributed by atoms with E-state index in [9.17, 15) is 18.4 Å². The van der Waals surface area contributed by atoms with Crippen LogP contribution in [0.5, 0.6) is 0 Å². The Hall–Kier alpha value is -1.87. The molecule has 0 atom stereocenters. The first-order chi connectivity index (χ1) is 9.40. The molecule has 0 amide bonds. The fourth-order valence-corrected chi connectivity index (χ4v) is 2.25. The van der Waals surface area contributed by atoms with Crippen LogP contribution in [-0.2, 0) is 25.8 Å². The van der Waals surface area contributed by atoms with Crippen LogP contribution in [-0.4, -0.2) is 24.8 Å². The number of rotatable bonds is 2. The van der Waals surface area contributed by atoms with Crippen LogP contribution in [0, 0.1) is 0 Å². The molecule has 1 N–H and O–H groups in total. The molecule has 3 heterocycles. The van der Waals surface area contributed by atoms with Crippen LogP contribution in [0.2, 0.25) is 0 Å². The largest absolute Gasteiger partial charge is 0.442 e. The van der Waals surface area contributed by atoms with E-state index in [2.05, 4.69) is 9.97 Å². The van der Waals surface area contributed by atoms with Gasteiger partial charge in [-0.25, -0.2) is 9.97 Å². The van der Waals surface area contributed by atoms with Gasteiger partial charge >= 0.3 is 6.18 Å². The highest BCUT2D eigenvalue weighted by Gasteiger charge is 2.36. The molecule has 6 nitrogen and oxygen atoms in total. The summed E-state index contributed by atoms with van der Waals surface area (Å²) in [7, 11) is 0. The van der Waals surface area contributed by atoms with E-state index >= 15 is 0 Å². The molecule has 0 spiro atoms. The molecule has 0 aromatic carbocycles. The summed E-state index contributed by atoms with van der Waals surface area (Å²) in [5.74, 6) is 0.0826. The molecule has 3 rings (SSSR count). The second-order valence-corrected chi connectivity index (χ2v) is 4.43. The van der Waals surface area contributed by atoms with E-state index in [1.165, 1.54) is 0 Å². The molecule has 1 aliphatic rings. The lowest BCUT2D eigenvalue weighted by Crippen LogP contribution is -2.13. The van der Waals surface area contributed by atoms with Gasteiger partial charge in [0.25, 0.3) is 5.89 Å². The predicted molar refractivity (Wildman–Crippen MR) is 59.4 cm³/mol. The van der Waals surface area contributed by atoms with Crippen LogP contribution >= 0.6 is 0 Å². The monoisotopic (exact) mass is 288 g/mol. The van der Waals surface area contributed by atoms with Gasteiger partial charge in [0.2, 0.25) is 0 Å². The number of fused-ring (bicyclic) bond motifs is 1. The summed E-state index contributed by atoms with van der Waals surface area (Å²) in [6.45, 7) is 2.85. The van der Waals surface area contributed by atoms with E-state index in [1.54, 1.807) is 4.57 Å². The van der Waals surface area contributed by atoms with Gasteiger partial charge in [-0.1, -0.05) is 0 Å². The molecular formula is C11H11F3N4O2. The molecule has 0 saturated carbocycles. The minimum Gasteiger partial charge on any atom is -0.442 e. The van der Waals surface area contributed by atoms with Gasteiger partial charge in [-0.3, -0.25) is 0 Å². The first-order valence-electron chi connectivity index (χ1n) is 5.95. The van der Waals surface area contributed by atoms with Crippen molar-refractivity contribution < 1.29 is 22.8 Å². The van der Waals surface area contributed by atoms with Gasteiger partial charge in [0.15, 0.2) is 11.5 Å². The van der Waals surface area contributed by atoms with E-state index < -0.39 is 11.9 Å². The van der Waals surface area contributed by atoms with E-state index in [1.807, 2.05) is 6.92 Å². The third-order valence-corrected chi connectivity index (χ3v) is 3.12. The average molecular weight is 288 g/mol. The normalized spacial score (nSPS) is 15.8. The smallest absolute Gasteiger partial charge is 0.436 e. The quantitative estimate of drug-likeness (QED) is 0.918. The molecule has 108 valence electrons. The van der Waals surface area contributed by atoms with Crippen molar-refractivity contribution in [3.8, 4) is 11.7 Å². The maximum absolute atomic E-state index is 12.5. The van der Waals surface area contributed by atoms with Crippen LogP contribution < -0.4 is 0 Å². The van der Waals surface area contributed by atoms with Gasteiger partial charge in [-0.05, 0) is 6.92 Å². The molecule has 0 unspecified atom stereocenters. The molecule has 2 aromatic heterocycles. The minimum atomic E-state index is -4.55. The highest BCUT2D eigenvalue weighted by atomic mass is 19.4. The molecule has 1 aliphatic heterocycles. The van der Waals surface area contributed by atoms with Crippen molar-refractivity contribution in [3.63, 3.8) is 0 Å². The molecule has 0 fully saturated rings. The molecule has 0 radical (unpaired) electrons. The highest BCUT2D eigenvalue weighted by Crippen LogP contribution is 2.32. The van der Waals surface area contributed by atoms with Crippen molar-refractivity contribution in [1.29, 1.82) is 0 Å². The van der Waals surface area contributed by atoms with E-state index in [0.29, 0.717) is 18.5 Å². The summed E-state index contributed by atoms with van der Waals surface area (Å²) in [4.78, 5) is 7.66. The van der Waals surface area contributed by atoms with Gasteiger partial charge in [0, 0.05) is 6.54 Å². The highest BCUT2D eigenvalue weighted by molar-refractivity contribution is 5.46. The summed E-state index contributed by atoms with van der Waals surface area (Å²) in [5, 5.41) is 10.5. The molecule has 2 aromatic rings. The van der Waals surface area contributed by atoms with Crippen molar-refractivity contribution in [2.75, 3.05) is 0 Å². The van der Waals surface area contributed by atoms with Gasteiger partial charge in [0.1, 0.15) is 6.26 Å². The second kappa shape index (κ2) is 4.32.